The average molecular weight is 444 g/mol. The zero-order valence-electron chi connectivity index (χ0n) is 14.2. The standard InChI is InChI=1S/C21H16BrClN2O2/c22-18-9-7-16(8-10-18)21(26)25-24-13-17-3-1-2-4-20(17)27-14-15-5-11-19(23)12-6-15/h1-13H,14H2,(H,25,26). The fourth-order valence-electron chi connectivity index (χ4n) is 2.29. The first-order valence-electron chi connectivity index (χ1n) is 8.17. The molecule has 0 aliphatic carbocycles. The van der Waals surface area contributed by atoms with Gasteiger partial charge in [-0.15, -0.1) is 0 Å². The highest BCUT2D eigenvalue weighted by Gasteiger charge is 2.04. The molecular formula is C21H16BrClN2O2. The highest BCUT2D eigenvalue weighted by atomic mass is 79.9. The topological polar surface area (TPSA) is 50.7 Å². The Hall–Kier alpha value is -2.63. The number of nitrogens with one attached hydrogen (secondary N) is 1. The first-order valence-corrected chi connectivity index (χ1v) is 9.34. The van der Waals surface area contributed by atoms with Gasteiger partial charge in [-0.2, -0.15) is 5.10 Å². The number of rotatable bonds is 6. The van der Waals surface area contributed by atoms with Crippen LogP contribution < -0.4 is 10.2 Å². The van der Waals surface area contributed by atoms with Crippen LogP contribution in [-0.4, -0.2) is 12.1 Å². The third-order valence-corrected chi connectivity index (χ3v) is 4.48. The van der Waals surface area contributed by atoms with Crippen molar-refractivity contribution in [2.45, 2.75) is 6.61 Å². The van der Waals surface area contributed by atoms with Gasteiger partial charge in [0.25, 0.3) is 5.91 Å². The molecule has 0 atom stereocenters. The Labute approximate surface area is 171 Å². The van der Waals surface area contributed by atoms with Gasteiger partial charge >= 0.3 is 0 Å². The van der Waals surface area contributed by atoms with Gasteiger partial charge in [-0.05, 0) is 54.1 Å². The zero-order valence-corrected chi connectivity index (χ0v) is 16.6. The van der Waals surface area contributed by atoms with Crippen LogP contribution in [0.5, 0.6) is 5.75 Å². The van der Waals surface area contributed by atoms with E-state index in [0.29, 0.717) is 22.9 Å². The second kappa shape index (κ2) is 9.35. The number of carbonyl (C=O) groups is 1. The minimum Gasteiger partial charge on any atom is -0.488 e. The summed E-state index contributed by atoms with van der Waals surface area (Å²) in [5.41, 5.74) is 4.82. The van der Waals surface area contributed by atoms with E-state index in [-0.39, 0.29) is 5.91 Å². The Bertz CT molecular complexity index is 941. The van der Waals surface area contributed by atoms with Gasteiger partial charge in [-0.1, -0.05) is 51.8 Å². The molecule has 0 heterocycles. The van der Waals surface area contributed by atoms with Gasteiger partial charge in [0.2, 0.25) is 0 Å². The number of amides is 1. The number of halogens is 2. The normalized spacial score (nSPS) is 10.7. The maximum Gasteiger partial charge on any atom is 0.271 e. The van der Waals surface area contributed by atoms with Crippen LogP contribution in [0, 0.1) is 0 Å². The molecule has 0 bridgehead atoms. The van der Waals surface area contributed by atoms with E-state index in [1.807, 2.05) is 48.5 Å². The van der Waals surface area contributed by atoms with Gasteiger partial charge in [0.05, 0.1) is 6.21 Å². The molecule has 0 radical (unpaired) electrons. The number of nitrogens with zero attached hydrogens (tertiary/aromatic N) is 1. The SMILES string of the molecule is O=C(NN=Cc1ccccc1OCc1ccc(Cl)cc1)c1ccc(Br)cc1. The van der Waals surface area contributed by atoms with Crippen molar-refractivity contribution in [2.75, 3.05) is 0 Å². The van der Waals surface area contributed by atoms with Crippen molar-refractivity contribution in [2.24, 2.45) is 5.10 Å². The lowest BCUT2D eigenvalue weighted by molar-refractivity contribution is 0.0955. The first kappa shape index (κ1) is 19.1. The van der Waals surface area contributed by atoms with Crippen LogP contribution >= 0.6 is 27.5 Å². The van der Waals surface area contributed by atoms with Gasteiger partial charge in [0.15, 0.2) is 0 Å². The van der Waals surface area contributed by atoms with E-state index in [0.717, 1.165) is 15.6 Å². The molecule has 0 spiro atoms. The lowest BCUT2D eigenvalue weighted by atomic mass is 10.2. The molecule has 0 saturated heterocycles. The molecule has 0 aromatic heterocycles. The first-order chi connectivity index (χ1) is 13.1. The van der Waals surface area contributed by atoms with Crippen LogP contribution in [0.2, 0.25) is 5.02 Å². The van der Waals surface area contributed by atoms with Crippen LogP contribution in [0.1, 0.15) is 21.5 Å². The van der Waals surface area contributed by atoms with Gasteiger partial charge in [0.1, 0.15) is 12.4 Å². The Morgan fingerprint density at radius 3 is 2.48 bits per heavy atom. The summed E-state index contributed by atoms with van der Waals surface area (Å²) in [4.78, 5) is 12.1. The van der Waals surface area contributed by atoms with Crippen LogP contribution in [0.4, 0.5) is 0 Å². The van der Waals surface area contributed by atoms with Crippen molar-refractivity contribution in [3.63, 3.8) is 0 Å². The second-order valence-electron chi connectivity index (χ2n) is 5.66. The number of benzene rings is 3. The summed E-state index contributed by atoms with van der Waals surface area (Å²) in [7, 11) is 0. The van der Waals surface area contributed by atoms with Crippen molar-refractivity contribution in [1.82, 2.24) is 5.43 Å². The molecule has 3 rings (SSSR count). The Kier molecular flexibility index (Phi) is 6.63. The van der Waals surface area contributed by atoms with Gasteiger partial charge in [0, 0.05) is 20.6 Å². The van der Waals surface area contributed by atoms with E-state index in [4.69, 9.17) is 16.3 Å². The number of carbonyl (C=O) groups excluding carboxylic acids is 1. The van der Waals surface area contributed by atoms with Gasteiger partial charge < -0.3 is 4.74 Å². The number of ether oxygens (including phenoxy) is 1. The summed E-state index contributed by atoms with van der Waals surface area (Å²) in [6, 6.07) is 22.0. The number of hydrazone groups is 1. The predicted octanol–water partition coefficient (Wildman–Crippen LogP) is 5.45. The maximum atomic E-state index is 12.1. The molecule has 0 unspecified atom stereocenters. The molecular weight excluding hydrogens is 428 g/mol. The van der Waals surface area contributed by atoms with Gasteiger partial charge in [-0.25, -0.2) is 5.43 Å². The predicted molar refractivity (Wildman–Crippen MR) is 111 cm³/mol. The van der Waals surface area contributed by atoms with E-state index in [2.05, 4.69) is 26.5 Å². The summed E-state index contributed by atoms with van der Waals surface area (Å²) in [6.07, 6.45) is 1.56. The van der Waals surface area contributed by atoms with Crippen molar-refractivity contribution in [3.8, 4) is 5.75 Å². The van der Waals surface area contributed by atoms with Crippen molar-refractivity contribution >= 4 is 39.7 Å². The monoisotopic (exact) mass is 442 g/mol. The third-order valence-electron chi connectivity index (χ3n) is 3.70. The molecule has 4 nitrogen and oxygen atoms in total. The minimum atomic E-state index is -0.279. The van der Waals surface area contributed by atoms with Crippen LogP contribution in [-0.2, 0) is 6.61 Å². The Morgan fingerprint density at radius 1 is 1.04 bits per heavy atom. The minimum absolute atomic E-state index is 0.279. The largest absolute Gasteiger partial charge is 0.488 e. The summed E-state index contributed by atoms with van der Waals surface area (Å²) in [5.74, 6) is 0.396. The van der Waals surface area contributed by atoms with E-state index < -0.39 is 0 Å². The molecule has 6 heteroatoms. The zero-order chi connectivity index (χ0) is 19.1. The molecule has 27 heavy (non-hydrogen) atoms. The lowest BCUT2D eigenvalue weighted by Crippen LogP contribution is -2.17. The molecule has 1 N–H and O–H groups in total. The fourth-order valence-corrected chi connectivity index (χ4v) is 2.68. The average Bonchev–Trinajstić information content (AvgIpc) is 2.69. The summed E-state index contributed by atoms with van der Waals surface area (Å²) < 4.78 is 6.78. The summed E-state index contributed by atoms with van der Waals surface area (Å²) in [5, 5.41) is 4.72. The third kappa shape index (κ3) is 5.67. The van der Waals surface area contributed by atoms with E-state index in [1.165, 1.54) is 0 Å². The molecule has 0 saturated carbocycles. The van der Waals surface area contributed by atoms with E-state index in [9.17, 15) is 4.79 Å². The Morgan fingerprint density at radius 2 is 1.74 bits per heavy atom. The number of hydrogen-bond donors (Lipinski definition) is 1. The van der Waals surface area contributed by atoms with E-state index in [1.54, 1.807) is 30.5 Å². The fraction of sp³-hybridized carbons (Fsp3) is 0.0476. The smallest absolute Gasteiger partial charge is 0.271 e. The summed E-state index contributed by atoms with van der Waals surface area (Å²) in [6.45, 7) is 0.410. The van der Waals surface area contributed by atoms with Gasteiger partial charge in [-0.3, -0.25) is 4.79 Å². The molecule has 3 aromatic rings. The van der Waals surface area contributed by atoms with Crippen molar-refractivity contribution in [1.29, 1.82) is 0 Å². The number of hydrogen-bond acceptors (Lipinski definition) is 3. The van der Waals surface area contributed by atoms with E-state index >= 15 is 0 Å². The lowest BCUT2D eigenvalue weighted by Gasteiger charge is -2.09. The quantitative estimate of drug-likeness (QED) is 0.407. The number of para-hydroxylation sites is 1. The molecule has 1 amide bonds. The van der Waals surface area contributed by atoms with Crippen LogP contribution in [0.25, 0.3) is 0 Å². The maximum absolute atomic E-state index is 12.1. The summed E-state index contributed by atoms with van der Waals surface area (Å²) >= 11 is 9.23. The van der Waals surface area contributed by atoms with Crippen molar-refractivity contribution < 1.29 is 9.53 Å². The molecule has 3 aromatic carbocycles. The molecule has 136 valence electrons. The van der Waals surface area contributed by atoms with Crippen LogP contribution in [0.3, 0.4) is 0 Å². The molecule has 0 aliphatic heterocycles. The second-order valence-corrected chi connectivity index (χ2v) is 7.01. The van der Waals surface area contributed by atoms with Crippen LogP contribution in [0.15, 0.2) is 82.4 Å². The highest BCUT2D eigenvalue weighted by molar-refractivity contribution is 9.10. The molecule has 0 fully saturated rings. The Balaban J connectivity index is 1.62. The highest BCUT2D eigenvalue weighted by Crippen LogP contribution is 2.18. The molecule has 0 aliphatic rings. The van der Waals surface area contributed by atoms with Crippen molar-refractivity contribution in [3.05, 3.63) is 99.0 Å².